The Hall–Kier alpha value is -2.80. The smallest absolute Gasteiger partial charge is 0.262 e. The van der Waals surface area contributed by atoms with Crippen molar-refractivity contribution < 1.29 is 9.59 Å². The predicted molar refractivity (Wildman–Crippen MR) is 117 cm³/mol. The standard InChI is InChI=1S/C21H26N4O2S/c1-25(2)18-11-9-16(10-12-18)15-22-24-21(27)19(13-14-28-3)23-20(26)17-7-5-4-6-8-17/h4-12,15,19H,13-14H2,1-3H3,(H,23,26)(H,24,27)/b22-15+. The molecule has 0 aromatic heterocycles. The quantitative estimate of drug-likeness (QED) is 0.503. The van der Waals surface area contributed by atoms with Crippen LogP contribution in [0.4, 0.5) is 5.69 Å². The SMILES string of the molecule is CSCCC(NC(=O)c1ccccc1)C(=O)N/N=C/c1ccc(N(C)C)cc1. The topological polar surface area (TPSA) is 73.8 Å². The molecule has 0 radical (unpaired) electrons. The van der Waals surface area contributed by atoms with Gasteiger partial charge in [-0.1, -0.05) is 30.3 Å². The summed E-state index contributed by atoms with van der Waals surface area (Å²) in [6, 6.07) is 16.0. The highest BCUT2D eigenvalue weighted by molar-refractivity contribution is 7.98. The Morgan fingerprint density at radius 1 is 1.11 bits per heavy atom. The van der Waals surface area contributed by atoms with Gasteiger partial charge in [-0.05, 0) is 48.3 Å². The van der Waals surface area contributed by atoms with E-state index in [0.717, 1.165) is 17.0 Å². The molecule has 1 atom stereocenters. The van der Waals surface area contributed by atoms with Crippen molar-refractivity contribution in [2.75, 3.05) is 31.0 Å². The van der Waals surface area contributed by atoms with Gasteiger partial charge in [0.1, 0.15) is 6.04 Å². The Kier molecular flexibility index (Phi) is 8.55. The van der Waals surface area contributed by atoms with Crippen molar-refractivity contribution in [3.8, 4) is 0 Å². The van der Waals surface area contributed by atoms with E-state index in [-0.39, 0.29) is 11.8 Å². The number of carbonyl (C=O) groups excluding carboxylic acids is 2. The van der Waals surface area contributed by atoms with E-state index in [1.54, 1.807) is 42.2 Å². The number of anilines is 1. The highest BCUT2D eigenvalue weighted by Crippen LogP contribution is 2.11. The molecule has 0 aliphatic carbocycles. The molecular formula is C21H26N4O2S. The van der Waals surface area contributed by atoms with Gasteiger partial charge in [0.15, 0.2) is 0 Å². The molecule has 148 valence electrons. The van der Waals surface area contributed by atoms with Gasteiger partial charge >= 0.3 is 0 Å². The lowest BCUT2D eigenvalue weighted by Gasteiger charge is -2.16. The molecule has 0 bridgehead atoms. The Morgan fingerprint density at radius 3 is 2.39 bits per heavy atom. The van der Waals surface area contributed by atoms with E-state index in [0.29, 0.717) is 12.0 Å². The van der Waals surface area contributed by atoms with Crippen molar-refractivity contribution in [2.24, 2.45) is 5.10 Å². The molecule has 2 amide bonds. The number of rotatable bonds is 9. The van der Waals surface area contributed by atoms with Gasteiger partial charge in [-0.3, -0.25) is 9.59 Å². The van der Waals surface area contributed by atoms with Crippen LogP contribution in [0.5, 0.6) is 0 Å². The van der Waals surface area contributed by atoms with Crippen LogP contribution in [0.3, 0.4) is 0 Å². The maximum Gasteiger partial charge on any atom is 0.262 e. The third kappa shape index (κ3) is 6.74. The number of thioether (sulfide) groups is 1. The molecule has 0 spiro atoms. The van der Waals surface area contributed by atoms with E-state index in [4.69, 9.17) is 0 Å². The van der Waals surface area contributed by atoms with Crippen molar-refractivity contribution in [2.45, 2.75) is 12.5 Å². The predicted octanol–water partition coefficient (Wildman–Crippen LogP) is 2.75. The summed E-state index contributed by atoms with van der Waals surface area (Å²) in [4.78, 5) is 26.9. The van der Waals surface area contributed by atoms with Gasteiger partial charge in [0.05, 0.1) is 6.21 Å². The summed E-state index contributed by atoms with van der Waals surface area (Å²) in [5.41, 5.74) is 5.01. The molecule has 2 rings (SSSR count). The summed E-state index contributed by atoms with van der Waals surface area (Å²) >= 11 is 1.62. The molecule has 1 unspecified atom stereocenters. The molecule has 2 aromatic rings. The lowest BCUT2D eigenvalue weighted by Crippen LogP contribution is -2.45. The Morgan fingerprint density at radius 2 is 1.79 bits per heavy atom. The van der Waals surface area contributed by atoms with Crippen molar-refractivity contribution >= 4 is 35.5 Å². The number of nitrogens with one attached hydrogen (secondary N) is 2. The van der Waals surface area contributed by atoms with Crippen molar-refractivity contribution in [3.05, 3.63) is 65.7 Å². The minimum absolute atomic E-state index is 0.273. The summed E-state index contributed by atoms with van der Waals surface area (Å²) in [7, 11) is 3.95. The molecule has 0 aliphatic rings. The zero-order valence-electron chi connectivity index (χ0n) is 16.4. The molecular weight excluding hydrogens is 372 g/mol. The van der Waals surface area contributed by atoms with Crippen LogP contribution in [-0.2, 0) is 4.79 Å². The molecule has 0 saturated carbocycles. The first-order valence-electron chi connectivity index (χ1n) is 8.96. The molecule has 7 heteroatoms. The first-order valence-corrected chi connectivity index (χ1v) is 10.4. The average molecular weight is 399 g/mol. The van der Waals surface area contributed by atoms with E-state index in [1.165, 1.54) is 0 Å². The van der Waals surface area contributed by atoms with Crippen LogP contribution >= 0.6 is 11.8 Å². The van der Waals surface area contributed by atoms with Crippen LogP contribution in [0.1, 0.15) is 22.3 Å². The van der Waals surface area contributed by atoms with Crippen molar-refractivity contribution in [3.63, 3.8) is 0 Å². The van der Waals surface area contributed by atoms with Gasteiger partial charge < -0.3 is 10.2 Å². The van der Waals surface area contributed by atoms with Crippen LogP contribution in [0.25, 0.3) is 0 Å². The Balaban J connectivity index is 1.96. The lowest BCUT2D eigenvalue weighted by atomic mass is 10.1. The largest absolute Gasteiger partial charge is 0.378 e. The lowest BCUT2D eigenvalue weighted by molar-refractivity contribution is -0.123. The summed E-state index contributed by atoms with van der Waals surface area (Å²) in [5.74, 6) is 0.146. The second-order valence-electron chi connectivity index (χ2n) is 6.39. The summed E-state index contributed by atoms with van der Waals surface area (Å²) < 4.78 is 0. The van der Waals surface area contributed by atoms with Gasteiger partial charge in [0.25, 0.3) is 11.8 Å². The number of carbonyl (C=O) groups is 2. The number of benzene rings is 2. The molecule has 2 N–H and O–H groups in total. The Bertz CT molecular complexity index is 792. The van der Waals surface area contributed by atoms with Crippen LogP contribution in [0, 0.1) is 0 Å². The molecule has 0 heterocycles. The summed E-state index contributed by atoms with van der Waals surface area (Å²) in [5, 5.41) is 6.82. The molecule has 0 saturated heterocycles. The molecule has 0 fully saturated rings. The number of nitrogens with zero attached hydrogens (tertiary/aromatic N) is 2. The van der Waals surface area contributed by atoms with Crippen molar-refractivity contribution in [1.29, 1.82) is 0 Å². The number of amides is 2. The normalized spacial score (nSPS) is 11.8. The average Bonchev–Trinajstić information content (AvgIpc) is 2.71. The van der Waals surface area contributed by atoms with E-state index in [9.17, 15) is 9.59 Å². The second kappa shape index (κ2) is 11.1. The molecule has 28 heavy (non-hydrogen) atoms. The van der Waals surface area contributed by atoms with Crippen molar-refractivity contribution in [1.82, 2.24) is 10.7 Å². The highest BCUT2D eigenvalue weighted by atomic mass is 32.2. The van der Waals surface area contributed by atoms with Gasteiger partial charge in [-0.2, -0.15) is 16.9 Å². The highest BCUT2D eigenvalue weighted by Gasteiger charge is 2.20. The van der Waals surface area contributed by atoms with Gasteiger partial charge in [-0.15, -0.1) is 0 Å². The maximum atomic E-state index is 12.5. The van der Waals surface area contributed by atoms with Gasteiger partial charge in [0.2, 0.25) is 0 Å². The van der Waals surface area contributed by atoms with E-state index >= 15 is 0 Å². The van der Waals surface area contributed by atoms with Crippen LogP contribution < -0.4 is 15.6 Å². The zero-order valence-corrected chi connectivity index (χ0v) is 17.2. The van der Waals surface area contributed by atoms with Crippen LogP contribution in [0.15, 0.2) is 59.7 Å². The fraction of sp³-hybridized carbons (Fsp3) is 0.286. The summed E-state index contributed by atoms with van der Waals surface area (Å²) in [6.07, 6.45) is 4.07. The maximum absolute atomic E-state index is 12.5. The third-order valence-corrected chi connectivity index (χ3v) is 4.71. The number of hydrazone groups is 1. The monoisotopic (exact) mass is 398 g/mol. The van der Waals surface area contributed by atoms with E-state index in [1.807, 2.05) is 55.6 Å². The molecule has 2 aromatic carbocycles. The number of hydrogen-bond donors (Lipinski definition) is 2. The minimum Gasteiger partial charge on any atom is -0.378 e. The first kappa shape index (κ1) is 21.5. The molecule has 0 aliphatic heterocycles. The van der Waals surface area contributed by atoms with Crippen LogP contribution in [0.2, 0.25) is 0 Å². The van der Waals surface area contributed by atoms with E-state index in [2.05, 4.69) is 15.8 Å². The third-order valence-electron chi connectivity index (χ3n) is 4.07. The first-order chi connectivity index (χ1) is 13.5. The fourth-order valence-corrected chi connectivity index (χ4v) is 2.91. The Labute approximate surface area is 170 Å². The number of hydrogen-bond acceptors (Lipinski definition) is 5. The molecule has 6 nitrogen and oxygen atoms in total. The van der Waals surface area contributed by atoms with Crippen LogP contribution in [-0.4, -0.2) is 50.2 Å². The zero-order chi connectivity index (χ0) is 20.4. The fourth-order valence-electron chi connectivity index (χ4n) is 2.44. The second-order valence-corrected chi connectivity index (χ2v) is 7.38. The summed E-state index contributed by atoms with van der Waals surface area (Å²) in [6.45, 7) is 0. The van der Waals surface area contributed by atoms with Gasteiger partial charge in [-0.25, -0.2) is 5.43 Å². The van der Waals surface area contributed by atoms with Gasteiger partial charge in [0, 0.05) is 25.3 Å². The minimum atomic E-state index is -0.645. The van der Waals surface area contributed by atoms with E-state index < -0.39 is 6.04 Å².